The molecule has 0 spiro atoms. The molecule has 0 amide bonds. The van der Waals surface area contributed by atoms with Gasteiger partial charge in [0.15, 0.2) is 8.07 Å². The molecule has 7 aromatic carbocycles. The minimum Gasteiger partial charge on any atom is -0.457 e. The first-order valence-electron chi connectivity index (χ1n) is 18.8. The summed E-state index contributed by atoms with van der Waals surface area (Å²) in [6.45, 7) is 1.90. The third kappa shape index (κ3) is 4.27. The van der Waals surface area contributed by atoms with Crippen LogP contribution in [0.5, 0.6) is 11.5 Å². The van der Waals surface area contributed by atoms with E-state index >= 15 is 0 Å². The summed E-state index contributed by atoms with van der Waals surface area (Å²) in [5.74, 6) is 2.10. The molecule has 1 aliphatic heterocycles. The van der Waals surface area contributed by atoms with Crippen LogP contribution in [0.3, 0.4) is 0 Å². The third-order valence-corrected chi connectivity index (χ3v) is 16.0. The van der Waals surface area contributed by atoms with Crippen LogP contribution in [-0.4, -0.2) is 35.8 Å². The number of ether oxygens (including phenoxy) is 1. The molecule has 6 heteroatoms. The summed E-state index contributed by atoms with van der Waals surface area (Å²) in [5, 5.41) is 3.34. The second-order valence-corrected chi connectivity index (χ2v) is 18.3. The maximum Gasteiger partial charge on any atom is 0.220 e. The number of hydrogen-bond acceptors (Lipinski definition) is 2. The lowest BCUT2D eigenvalue weighted by atomic mass is 9.88. The van der Waals surface area contributed by atoms with Crippen LogP contribution in [-0.2, 0) is 5.04 Å². The van der Waals surface area contributed by atoms with Gasteiger partial charge >= 0.3 is 0 Å². The molecule has 1 unspecified atom stereocenters. The maximum atomic E-state index is 9.10. The number of benzene rings is 7. The molecule has 0 bridgehead atoms. The van der Waals surface area contributed by atoms with Gasteiger partial charge in [0, 0.05) is 35.6 Å². The molecule has 2 aromatic heterocycles. The van der Waals surface area contributed by atoms with E-state index in [1.54, 1.807) is 0 Å². The Hall–Kier alpha value is -5.96. The summed E-state index contributed by atoms with van der Waals surface area (Å²) >= 11 is 0. The first-order chi connectivity index (χ1) is 26.3. The highest BCUT2D eigenvalue weighted by molar-refractivity contribution is 7.20. The van der Waals surface area contributed by atoms with E-state index in [1.165, 1.54) is 10.4 Å². The van der Waals surface area contributed by atoms with Gasteiger partial charge in [0.25, 0.3) is 0 Å². The number of para-hydroxylation sites is 6. The van der Waals surface area contributed by atoms with E-state index in [0.717, 1.165) is 55.0 Å². The molecule has 0 N–H and O–H groups in total. The van der Waals surface area contributed by atoms with Crippen LogP contribution in [0.4, 0.5) is 0 Å². The van der Waals surface area contributed by atoms with Gasteiger partial charge in [-0.3, -0.25) is 8.97 Å². The smallest absolute Gasteiger partial charge is 0.220 e. The molecule has 1 atom stereocenters. The normalized spacial score (nSPS) is 16.6. The highest BCUT2D eigenvalue weighted by Crippen LogP contribution is 2.46. The van der Waals surface area contributed by atoms with Gasteiger partial charge in [0.1, 0.15) is 11.5 Å². The van der Waals surface area contributed by atoms with E-state index in [0.29, 0.717) is 11.5 Å². The Morgan fingerprint density at radius 2 is 1.22 bits per heavy atom. The van der Waals surface area contributed by atoms with Crippen LogP contribution in [0.2, 0.25) is 0 Å². The van der Waals surface area contributed by atoms with Crippen molar-refractivity contribution in [3.05, 3.63) is 187 Å². The molecule has 51 heavy (non-hydrogen) atoms. The van der Waals surface area contributed by atoms with Gasteiger partial charge in [0.05, 0.1) is 22.1 Å². The third-order valence-electron chi connectivity index (χ3n) is 10.7. The van der Waals surface area contributed by atoms with E-state index in [1.807, 2.05) is 49.4 Å². The first kappa shape index (κ1) is 26.9. The minimum atomic E-state index is -4.14. The molecule has 0 aliphatic carbocycles. The van der Waals surface area contributed by atoms with Gasteiger partial charge in [-0.05, 0) is 63.2 Å². The molecule has 244 valence electrons. The molecule has 1 aliphatic rings. The lowest BCUT2D eigenvalue weighted by Crippen LogP contribution is -2.75. The van der Waals surface area contributed by atoms with E-state index < -0.39 is 23.2 Å². The maximum absolute atomic E-state index is 9.10. The fourth-order valence-corrected chi connectivity index (χ4v) is 13.7. The zero-order valence-electron chi connectivity index (χ0n) is 31.0. The fraction of sp³-hybridized carbons (Fsp3) is 0.0444. The predicted octanol–water partition coefficient (Wildman–Crippen LogP) is 6.54. The van der Waals surface area contributed by atoms with Crippen LogP contribution in [0, 0.1) is 0 Å². The van der Waals surface area contributed by atoms with Crippen molar-refractivity contribution < 1.29 is 4.74 Å². The number of aromatic nitrogens is 3. The SMILES string of the molecule is [2H][Si]([2H])([2H])C1(C)c2ccccc2Oc2c1cccc2[Si](c1ccccc1)(c1ccccc1)c1cccc(-n2c3ccccc3n3c4ccccc4nc23)c1. The van der Waals surface area contributed by atoms with Crippen molar-refractivity contribution in [1.29, 1.82) is 3.70 Å². The van der Waals surface area contributed by atoms with Crippen molar-refractivity contribution >= 4 is 66.7 Å². The highest BCUT2D eigenvalue weighted by Gasteiger charge is 2.46. The van der Waals surface area contributed by atoms with Crippen molar-refractivity contribution in [2.75, 3.05) is 0 Å². The van der Waals surface area contributed by atoms with Crippen molar-refractivity contribution in [2.24, 2.45) is 0 Å². The molecule has 9 aromatic rings. The van der Waals surface area contributed by atoms with Gasteiger partial charge in [-0.15, -0.1) is 0 Å². The Kier molecular flexibility index (Phi) is 5.94. The van der Waals surface area contributed by atoms with Crippen LogP contribution in [0.15, 0.2) is 176 Å². The Labute approximate surface area is 304 Å². The molecule has 0 radical (unpaired) electrons. The lowest BCUT2D eigenvalue weighted by Gasteiger charge is -2.40. The van der Waals surface area contributed by atoms with Crippen molar-refractivity contribution in [3.8, 4) is 17.2 Å². The predicted molar refractivity (Wildman–Crippen MR) is 216 cm³/mol. The van der Waals surface area contributed by atoms with Gasteiger partial charge < -0.3 is 4.74 Å². The summed E-state index contributed by atoms with van der Waals surface area (Å²) in [4.78, 5) is 5.18. The quantitative estimate of drug-likeness (QED) is 0.146. The molecule has 0 saturated heterocycles. The first-order valence-corrected chi connectivity index (χ1v) is 19.8. The molecule has 0 fully saturated rings. The van der Waals surface area contributed by atoms with E-state index in [9.17, 15) is 0 Å². The summed E-state index contributed by atoms with van der Waals surface area (Å²) in [6.07, 6.45) is 0. The van der Waals surface area contributed by atoms with Gasteiger partial charge in [-0.2, -0.15) is 0 Å². The summed E-state index contributed by atoms with van der Waals surface area (Å²) < 4.78 is 38.8. The standard InChI is InChI=1S/C45H35N3OSi2/c1-45(50)35-22-8-13-28-41(35)49-43-36(45)23-15-29-42(43)51(32-17-4-2-5-18-32,33-19-6-3-7-20-33)34-21-14-16-31(30-34)47-39-26-11-12-27-40(39)48-38-25-10-9-24-37(38)46-44(47)48/h2-30H,1,50H3/i50D3. The summed E-state index contributed by atoms with van der Waals surface area (Å²) in [6, 6.07) is 60.9. The monoisotopic (exact) mass is 692 g/mol. The average molecular weight is 693 g/mol. The van der Waals surface area contributed by atoms with Crippen molar-refractivity contribution in [2.45, 2.75) is 12.0 Å². The van der Waals surface area contributed by atoms with Crippen LogP contribution >= 0.6 is 0 Å². The largest absolute Gasteiger partial charge is 0.457 e. The molecular formula is C45H35N3OSi2. The van der Waals surface area contributed by atoms with Crippen molar-refractivity contribution in [3.63, 3.8) is 0 Å². The topological polar surface area (TPSA) is 31.5 Å². The Morgan fingerprint density at radius 1 is 0.608 bits per heavy atom. The second kappa shape index (κ2) is 11.3. The molecule has 3 heterocycles. The molecule has 10 rings (SSSR count). The van der Waals surface area contributed by atoms with E-state index in [2.05, 4.69) is 142 Å². The zero-order chi connectivity index (χ0) is 36.7. The summed E-state index contributed by atoms with van der Waals surface area (Å²) in [5.41, 5.74) is 6.59. The van der Waals surface area contributed by atoms with Gasteiger partial charge in [-0.1, -0.05) is 140 Å². The highest BCUT2D eigenvalue weighted by atomic mass is 28.3. The number of nitrogens with zero attached hydrogens (tertiary/aromatic N) is 3. The van der Waals surface area contributed by atoms with Gasteiger partial charge in [-0.25, -0.2) is 4.98 Å². The number of hydrogen-bond donors (Lipinski definition) is 0. The fourth-order valence-electron chi connectivity index (χ4n) is 8.39. The molecule has 0 saturated carbocycles. The minimum absolute atomic E-state index is 0.605. The Bertz CT molecular complexity index is 2850. The lowest BCUT2D eigenvalue weighted by molar-refractivity contribution is 0.444. The van der Waals surface area contributed by atoms with Crippen LogP contribution in [0.1, 0.15) is 18.1 Å². The second-order valence-electron chi connectivity index (χ2n) is 13.5. The molecule has 4 nitrogen and oxygen atoms in total. The zero-order valence-corrected chi connectivity index (χ0v) is 30.0. The molecular weight excluding hydrogens is 655 g/mol. The Morgan fingerprint density at radius 3 is 1.98 bits per heavy atom. The number of imidazole rings is 2. The van der Waals surface area contributed by atoms with Gasteiger partial charge in [0.2, 0.25) is 5.78 Å². The summed E-state index contributed by atoms with van der Waals surface area (Å²) in [7, 11) is -7.41. The van der Waals surface area contributed by atoms with Crippen molar-refractivity contribution in [1.82, 2.24) is 14.0 Å². The Balaban J connectivity index is 1.32. The number of rotatable bonds is 6. The van der Waals surface area contributed by atoms with E-state index in [4.69, 9.17) is 13.4 Å². The average Bonchev–Trinajstić information content (AvgIpc) is 3.74. The van der Waals surface area contributed by atoms with E-state index in [-0.39, 0.29) is 0 Å². The van der Waals surface area contributed by atoms with Crippen LogP contribution in [0.25, 0.3) is 33.5 Å². The van der Waals surface area contributed by atoms with Crippen LogP contribution < -0.4 is 25.5 Å². The number of fused-ring (bicyclic) bond motifs is 7.